The predicted molar refractivity (Wildman–Crippen MR) is 70.5 cm³/mol. The van der Waals surface area contributed by atoms with Gasteiger partial charge in [0.05, 0.1) is 0 Å². The second-order valence-electron chi connectivity index (χ2n) is 5.04. The second kappa shape index (κ2) is 9.68. The average molecular weight is 227 g/mol. The Balaban J connectivity index is 3.34. The van der Waals surface area contributed by atoms with Crippen LogP contribution in [-0.2, 0) is 4.79 Å². The summed E-state index contributed by atoms with van der Waals surface area (Å²) in [5, 5.41) is 0. The fourth-order valence-corrected chi connectivity index (χ4v) is 1.86. The van der Waals surface area contributed by atoms with Crippen LogP contribution in [-0.4, -0.2) is 24.4 Å². The largest absolute Gasteiger partial charge is 0.346 e. The first kappa shape index (κ1) is 15.5. The minimum Gasteiger partial charge on any atom is -0.346 e. The zero-order valence-corrected chi connectivity index (χ0v) is 11.6. The van der Waals surface area contributed by atoms with Crippen LogP contribution in [0, 0.1) is 5.92 Å². The summed E-state index contributed by atoms with van der Waals surface area (Å²) in [4.78, 5) is 13.4. The summed E-state index contributed by atoms with van der Waals surface area (Å²) in [7, 11) is 1.92. The number of unbranched alkanes of at least 4 members (excludes halogenated alkanes) is 6. The fourth-order valence-electron chi connectivity index (χ4n) is 1.86. The Morgan fingerprint density at radius 2 is 1.50 bits per heavy atom. The zero-order valence-electron chi connectivity index (χ0n) is 11.6. The van der Waals surface area contributed by atoms with Crippen molar-refractivity contribution in [3.63, 3.8) is 0 Å². The molecule has 0 radical (unpaired) electrons. The highest BCUT2D eigenvalue weighted by Gasteiger charge is 2.11. The summed E-state index contributed by atoms with van der Waals surface area (Å²) in [6, 6.07) is 0. The maximum atomic E-state index is 11.6. The van der Waals surface area contributed by atoms with Crippen molar-refractivity contribution in [2.75, 3.05) is 13.6 Å². The van der Waals surface area contributed by atoms with Crippen LogP contribution < -0.4 is 0 Å². The smallest absolute Gasteiger partial charge is 0.224 e. The van der Waals surface area contributed by atoms with Crippen LogP contribution in [0.1, 0.15) is 65.7 Å². The van der Waals surface area contributed by atoms with Gasteiger partial charge in [0.2, 0.25) is 5.91 Å². The highest BCUT2D eigenvalue weighted by Crippen LogP contribution is 2.08. The fraction of sp³-hybridized carbons (Fsp3) is 0.929. The van der Waals surface area contributed by atoms with Crippen LogP contribution in [0.4, 0.5) is 0 Å². The van der Waals surface area contributed by atoms with Gasteiger partial charge in [0.15, 0.2) is 0 Å². The average Bonchev–Trinajstić information content (AvgIpc) is 2.26. The number of amides is 1. The van der Waals surface area contributed by atoms with Crippen LogP contribution >= 0.6 is 0 Å². The molecule has 0 unspecified atom stereocenters. The molecule has 96 valence electrons. The van der Waals surface area contributed by atoms with Gasteiger partial charge in [-0.3, -0.25) is 4.79 Å². The molecule has 0 aliphatic heterocycles. The standard InChI is InChI=1S/C14H29NO/c1-5-6-7-8-9-10-11-12-15(4)14(16)13(2)3/h13H,5-12H2,1-4H3. The van der Waals surface area contributed by atoms with Crippen molar-refractivity contribution >= 4 is 5.91 Å². The molecule has 0 bridgehead atoms. The summed E-state index contributed by atoms with van der Waals surface area (Å²) in [6.07, 6.45) is 9.15. The van der Waals surface area contributed by atoms with Crippen LogP contribution in [0.5, 0.6) is 0 Å². The van der Waals surface area contributed by atoms with E-state index in [0.717, 1.165) is 13.0 Å². The van der Waals surface area contributed by atoms with Gasteiger partial charge in [0.1, 0.15) is 0 Å². The highest BCUT2D eigenvalue weighted by atomic mass is 16.2. The summed E-state index contributed by atoms with van der Waals surface area (Å²) in [5.41, 5.74) is 0. The Morgan fingerprint density at radius 1 is 1.00 bits per heavy atom. The third kappa shape index (κ3) is 7.72. The topological polar surface area (TPSA) is 20.3 Å². The molecule has 0 aliphatic rings. The molecular formula is C14H29NO. The lowest BCUT2D eigenvalue weighted by molar-refractivity contribution is -0.133. The minimum absolute atomic E-state index is 0.134. The van der Waals surface area contributed by atoms with E-state index < -0.39 is 0 Å². The maximum Gasteiger partial charge on any atom is 0.224 e. The Hall–Kier alpha value is -0.530. The molecule has 0 N–H and O–H groups in total. The zero-order chi connectivity index (χ0) is 12.4. The molecule has 0 aromatic rings. The summed E-state index contributed by atoms with van der Waals surface area (Å²) in [6.45, 7) is 7.09. The third-order valence-electron chi connectivity index (χ3n) is 2.97. The van der Waals surface area contributed by atoms with Gasteiger partial charge in [0, 0.05) is 19.5 Å². The van der Waals surface area contributed by atoms with E-state index in [1.165, 1.54) is 38.5 Å². The summed E-state index contributed by atoms with van der Waals surface area (Å²) < 4.78 is 0. The number of carbonyl (C=O) groups excluding carboxylic acids is 1. The van der Waals surface area contributed by atoms with Gasteiger partial charge >= 0.3 is 0 Å². The number of hydrogen-bond donors (Lipinski definition) is 0. The quantitative estimate of drug-likeness (QED) is 0.548. The second-order valence-corrected chi connectivity index (χ2v) is 5.04. The van der Waals surface area contributed by atoms with E-state index in [0.29, 0.717) is 0 Å². The monoisotopic (exact) mass is 227 g/mol. The molecule has 0 rings (SSSR count). The molecule has 0 atom stereocenters. The van der Waals surface area contributed by atoms with E-state index in [4.69, 9.17) is 0 Å². The van der Waals surface area contributed by atoms with Gasteiger partial charge in [-0.2, -0.15) is 0 Å². The normalized spacial score (nSPS) is 10.8. The minimum atomic E-state index is 0.134. The summed E-state index contributed by atoms with van der Waals surface area (Å²) in [5.74, 6) is 0.403. The number of rotatable bonds is 9. The molecule has 1 amide bonds. The molecule has 0 aromatic carbocycles. The van der Waals surface area contributed by atoms with Crippen molar-refractivity contribution in [3.05, 3.63) is 0 Å². The van der Waals surface area contributed by atoms with Crippen molar-refractivity contribution in [1.29, 1.82) is 0 Å². The SMILES string of the molecule is CCCCCCCCCN(C)C(=O)C(C)C. The van der Waals surface area contributed by atoms with E-state index >= 15 is 0 Å². The first-order chi connectivity index (χ1) is 7.59. The Bertz CT molecular complexity index is 178. The molecule has 0 spiro atoms. The Kier molecular flexibility index (Phi) is 9.36. The molecule has 0 heterocycles. The number of hydrogen-bond acceptors (Lipinski definition) is 1. The Morgan fingerprint density at radius 3 is 2.00 bits per heavy atom. The van der Waals surface area contributed by atoms with E-state index in [2.05, 4.69) is 6.92 Å². The van der Waals surface area contributed by atoms with Crippen molar-refractivity contribution in [2.45, 2.75) is 65.7 Å². The molecule has 0 aromatic heterocycles. The van der Waals surface area contributed by atoms with E-state index in [9.17, 15) is 4.79 Å². The molecule has 0 fully saturated rings. The molecule has 0 saturated heterocycles. The van der Waals surface area contributed by atoms with Crippen molar-refractivity contribution < 1.29 is 4.79 Å². The maximum absolute atomic E-state index is 11.6. The highest BCUT2D eigenvalue weighted by molar-refractivity contribution is 5.77. The predicted octanol–water partition coefficient (Wildman–Crippen LogP) is 3.85. The lowest BCUT2D eigenvalue weighted by atomic mass is 10.1. The van der Waals surface area contributed by atoms with Crippen LogP contribution in [0.15, 0.2) is 0 Å². The van der Waals surface area contributed by atoms with Crippen LogP contribution in [0.25, 0.3) is 0 Å². The van der Waals surface area contributed by atoms with Crippen LogP contribution in [0.2, 0.25) is 0 Å². The van der Waals surface area contributed by atoms with Gasteiger partial charge in [-0.05, 0) is 6.42 Å². The van der Waals surface area contributed by atoms with Gasteiger partial charge < -0.3 is 4.90 Å². The van der Waals surface area contributed by atoms with Gasteiger partial charge in [-0.25, -0.2) is 0 Å². The van der Waals surface area contributed by atoms with E-state index in [-0.39, 0.29) is 11.8 Å². The van der Waals surface area contributed by atoms with Gasteiger partial charge in [0.25, 0.3) is 0 Å². The molecular weight excluding hydrogens is 198 g/mol. The first-order valence-electron chi connectivity index (χ1n) is 6.84. The third-order valence-corrected chi connectivity index (χ3v) is 2.97. The van der Waals surface area contributed by atoms with E-state index in [1.54, 1.807) is 0 Å². The van der Waals surface area contributed by atoms with Crippen molar-refractivity contribution in [2.24, 2.45) is 5.92 Å². The van der Waals surface area contributed by atoms with Crippen LogP contribution in [0.3, 0.4) is 0 Å². The first-order valence-corrected chi connectivity index (χ1v) is 6.84. The molecule has 0 saturated carbocycles. The number of nitrogens with zero attached hydrogens (tertiary/aromatic N) is 1. The number of carbonyl (C=O) groups is 1. The Labute approximate surface area is 101 Å². The lowest BCUT2D eigenvalue weighted by Crippen LogP contribution is -2.31. The summed E-state index contributed by atoms with van der Waals surface area (Å²) >= 11 is 0. The van der Waals surface area contributed by atoms with Gasteiger partial charge in [-0.15, -0.1) is 0 Å². The molecule has 2 heteroatoms. The van der Waals surface area contributed by atoms with Crippen molar-refractivity contribution in [3.8, 4) is 0 Å². The van der Waals surface area contributed by atoms with E-state index in [1.807, 2.05) is 25.8 Å². The molecule has 2 nitrogen and oxygen atoms in total. The van der Waals surface area contributed by atoms with Crippen molar-refractivity contribution in [1.82, 2.24) is 4.90 Å². The molecule has 0 aliphatic carbocycles. The van der Waals surface area contributed by atoms with Gasteiger partial charge in [-0.1, -0.05) is 59.3 Å². The molecule has 16 heavy (non-hydrogen) atoms. The lowest BCUT2D eigenvalue weighted by Gasteiger charge is -2.19.